The lowest BCUT2D eigenvalue weighted by Crippen LogP contribution is -2.71. The molecule has 4 saturated heterocycles. The van der Waals surface area contributed by atoms with Gasteiger partial charge in [0.25, 0.3) is 0 Å². The van der Waals surface area contributed by atoms with E-state index in [1.54, 1.807) is 0 Å². The number of rotatable bonds is 15. The fourth-order valence-electron chi connectivity index (χ4n) is 15.9. The molecule has 74 heavy (non-hydrogen) atoms. The minimum atomic E-state index is -1.98. The highest BCUT2D eigenvalue weighted by Crippen LogP contribution is 2.72. The van der Waals surface area contributed by atoms with E-state index in [1.165, 1.54) is 25.0 Å². The number of hydrogen-bond acceptors (Lipinski definition) is 21. The van der Waals surface area contributed by atoms with Gasteiger partial charge in [0.15, 0.2) is 18.9 Å². The molecule has 8 rings (SSSR count). The molecular formula is C53H90O21. The minimum Gasteiger partial charge on any atom is -0.394 e. The Morgan fingerprint density at radius 1 is 0.568 bits per heavy atom. The number of fused-ring (bicyclic) bond motifs is 4. The van der Waals surface area contributed by atoms with Crippen LogP contribution in [0.3, 0.4) is 0 Å². The monoisotopic (exact) mass is 1060 g/mol. The van der Waals surface area contributed by atoms with Gasteiger partial charge in [-0.2, -0.15) is 0 Å². The van der Waals surface area contributed by atoms with Crippen molar-refractivity contribution in [3.05, 3.63) is 11.1 Å². The van der Waals surface area contributed by atoms with Gasteiger partial charge in [0.05, 0.1) is 49.8 Å². The van der Waals surface area contributed by atoms with Crippen molar-refractivity contribution in [3.63, 3.8) is 0 Å². The predicted molar refractivity (Wildman–Crippen MR) is 259 cm³/mol. The Kier molecular flexibility index (Phi) is 17.9. The maximum Gasteiger partial charge on any atom is 0.187 e. The number of aliphatic hydroxyl groups is 14. The predicted octanol–water partition coefficient (Wildman–Crippen LogP) is -1.15. The van der Waals surface area contributed by atoms with Crippen molar-refractivity contribution >= 4 is 0 Å². The zero-order valence-electron chi connectivity index (χ0n) is 44.3. The van der Waals surface area contributed by atoms with Crippen molar-refractivity contribution in [2.75, 3.05) is 19.8 Å². The highest BCUT2D eigenvalue weighted by Gasteiger charge is 2.67. The normalized spacial score (nSPS) is 52.8. The number of aliphatic hydroxyl groups excluding tert-OH is 13. The van der Waals surface area contributed by atoms with E-state index in [0.29, 0.717) is 37.0 Å². The standard InChI is InChI=1S/C53H90O21/c1-22(2)17-26(57)18-23(3)27-12-15-52(8)29-9-10-33-50(6,28(29)13-16-51(27,52)7)14-11-30(53(33,67)21-56)43-46(45(37(61)32(20-55)70-43)73-47-40(64)38(62)34(58)24(4)68-47)74-49-42(66)44(35(59)25(5)69-49)72-48-41(65)39(63)36(60)31(19-54)71-48/h22-27,30-49,54-67H,9-21H2,1-8H3/t23-,24+,25+,26+,27-,30-,31-,32-,33-,34+,35+,36-,37-,38-,39+,40-,41-,42-,43+,44-,45+,46+,47+,48+,49+,50-,51-,52+,53-/m1/s1. The molecule has 428 valence electrons. The Hall–Kier alpha value is -1.10. The average molecular weight is 1060 g/mol. The lowest BCUT2D eigenvalue weighted by Gasteiger charge is -2.63. The first-order valence-corrected chi connectivity index (χ1v) is 27.4. The first kappa shape index (κ1) is 59.0. The molecule has 21 nitrogen and oxygen atoms in total. The van der Waals surface area contributed by atoms with Crippen LogP contribution < -0.4 is 0 Å². The largest absolute Gasteiger partial charge is 0.394 e. The summed E-state index contributed by atoms with van der Waals surface area (Å²) in [5, 5.41) is 157. The van der Waals surface area contributed by atoms with Crippen LogP contribution in [0.1, 0.15) is 120 Å². The van der Waals surface area contributed by atoms with E-state index in [9.17, 15) is 71.5 Å². The number of ether oxygens (including phenoxy) is 7. The molecule has 0 aromatic heterocycles. The molecular weight excluding hydrogens is 973 g/mol. The number of allylic oxidation sites excluding steroid dienone is 2. The summed E-state index contributed by atoms with van der Waals surface area (Å²) >= 11 is 0. The molecule has 0 spiro atoms. The summed E-state index contributed by atoms with van der Waals surface area (Å²) in [4.78, 5) is 0. The third-order valence-corrected chi connectivity index (χ3v) is 20.2. The van der Waals surface area contributed by atoms with Gasteiger partial charge in [-0.3, -0.25) is 0 Å². The fourth-order valence-corrected chi connectivity index (χ4v) is 15.9. The zero-order valence-corrected chi connectivity index (χ0v) is 44.3. The van der Waals surface area contributed by atoms with Crippen molar-refractivity contribution < 1.29 is 105 Å². The van der Waals surface area contributed by atoms with Crippen LogP contribution in [0.2, 0.25) is 0 Å². The summed E-state index contributed by atoms with van der Waals surface area (Å²) < 4.78 is 42.9. The molecule has 4 aliphatic carbocycles. The summed E-state index contributed by atoms with van der Waals surface area (Å²) in [6.45, 7) is 14.1. The third kappa shape index (κ3) is 10.0. The summed E-state index contributed by atoms with van der Waals surface area (Å²) in [5.74, 6) is -0.443. The number of hydrogen-bond donors (Lipinski definition) is 14. The van der Waals surface area contributed by atoms with Gasteiger partial charge in [-0.1, -0.05) is 52.7 Å². The minimum absolute atomic E-state index is 0.0220. The lowest BCUT2D eigenvalue weighted by atomic mass is 9.43. The Morgan fingerprint density at radius 3 is 1.76 bits per heavy atom. The zero-order chi connectivity index (χ0) is 54.3. The van der Waals surface area contributed by atoms with Crippen LogP contribution in [0.25, 0.3) is 0 Å². The Labute approximate surface area is 434 Å². The maximum atomic E-state index is 13.4. The molecule has 21 heteroatoms. The first-order chi connectivity index (χ1) is 34.7. The smallest absolute Gasteiger partial charge is 0.187 e. The molecule has 4 aliphatic heterocycles. The van der Waals surface area contributed by atoms with Gasteiger partial charge in [0.2, 0.25) is 0 Å². The van der Waals surface area contributed by atoms with E-state index in [-0.39, 0.29) is 23.4 Å². The van der Waals surface area contributed by atoms with E-state index < -0.39 is 165 Å². The maximum absolute atomic E-state index is 13.4. The molecule has 29 atom stereocenters. The molecule has 0 unspecified atom stereocenters. The van der Waals surface area contributed by atoms with Crippen LogP contribution in [0, 0.1) is 45.8 Å². The highest BCUT2D eigenvalue weighted by atomic mass is 16.8. The van der Waals surface area contributed by atoms with Gasteiger partial charge in [0.1, 0.15) is 85.5 Å². The van der Waals surface area contributed by atoms with Crippen molar-refractivity contribution in [1.82, 2.24) is 0 Å². The topological polar surface area (TPSA) is 348 Å². The van der Waals surface area contributed by atoms with Crippen LogP contribution in [0.5, 0.6) is 0 Å². The average Bonchev–Trinajstić information content (AvgIpc) is 3.64. The molecule has 0 bridgehead atoms. The molecule has 8 aliphatic rings. The van der Waals surface area contributed by atoms with Crippen LogP contribution >= 0.6 is 0 Å². The van der Waals surface area contributed by atoms with Crippen molar-refractivity contribution in [3.8, 4) is 0 Å². The second kappa shape index (κ2) is 22.4. The van der Waals surface area contributed by atoms with E-state index in [0.717, 1.165) is 38.5 Å². The van der Waals surface area contributed by atoms with Gasteiger partial charge in [-0.25, -0.2) is 0 Å². The van der Waals surface area contributed by atoms with Gasteiger partial charge in [-0.05, 0) is 118 Å². The Bertz CT molecular complexity index is 1930. The van der Waals surface area contributed by atoms with Gasteiger partial charge in [0, 0.05) is 5.92 Å². The fraction of sp³-hybridized carbons (Fsp3) is 0.962. The summed E-state index contributed by atoms with van der Waals surface area (Å²) in [6, 6.07) is 0. The van der Waals surface area contributed by atoms with Crippen LogP contribution in [-0.2, 0) is 33.2 Å². The van der Waals surface area contributed by atoms with Gasteiger partial charge >= 0.3 is 0 Å². The molecule has 2 saturated carbocycles. The molecule has 0 aromatic rings. The summed E-state index contributed by atoms with van der Waals surface area (Å²) in [7, 11) is 0. The second-order valence-corrected chi connectivity index (χ2v) is 24.8. The second-order valence-electron chi connectivity index (χ2n) is 24.8. The highest BCUT2D eigenvalue weighted by molar-refractivity contribution is 5.39. The van der Waals surface area contributed by atoms with Crippen LogP contribution in [-0.4, -0.2) is 226 Å². The van der Waals surface area contributed by atoms with Gasteiger partial charge in [-0.15, -0.1) is 0 Å². The SMILES string of the molecule is CC(C)C[C@H](O)C[C@@H](C)[C@H]1CC[C@@]2(C)C3=C(CC[C@]12C)[C@@]1(C)CC[C@H]([C@@H]2O[C@H](CO)[C@@H](O)[C@H](O[C@@H]4O[C@@H](C)[C@H](O)[C@@H](O)[C@H]4O)[C@H]2O[C@@H]2O[C@@H](C)[C@H](O)[C@@H](O[C@@H]4O[C@H](CO)[C@@H](O)[C@H](O)[C@H]4O)[C@H]2O)[C@](O)(CO)[C@@H]1CC3. The van der Waals surface area contributed by atoms with E-state index >= 15 is 0 Å². The summed E-state index contributed by atoms with van der Waals surface area (Å²) in [6.07, 6.45) is -26.2. The molecule has 14 N–H and O–H groups in total. The van der Waals surface area contributed by atoms with Crippen molar-refractivity contribution in [2.45, 2.75) is 254 Å². The quantitative estimate of drug-likeness (QED) is 0.0862. The van der Waals surface area contributed by atoms with Crippen LogP contribution in [0.4, 0.5) is 0 Å². The van der Waals surface area contributed by atoms with Crippen LogP contribution in [0.15, 0.2) is 11.1 Å². The van der Waals surface area contributed by atoms with E-state index in [2.05, 4.69) is 41.5 Å². The molecule has 0 amide bonds. The molecule has 6 fully saturated rings. The molecule has 0 radical (unpaired) electrons. The van der Waals surface area contributed by atoms with E-state index in [1.807, 2.05) is 0 Å². The van der Waals surface area contributed by atoms with Crippen molar-refractivity contribution in [1.29, 1.82) is 0 Å². The van der Waals surface area contributed by atoms with Crippen molar-refractivity contribution in [2.24, 2.45) is 45.8 Å². The molecule has 0 aromatic carbocycles. The van der Waals surface area contributed by atoms with E-state index in [4.69, 9.17) is 33.2 Å². The third-order valence-electron chi connectivity index (χ3n) is 20.2. The lowest BCUT2D eigenvalue weighted by molar-refractivity contribution is -0.387. The Balaban J connectivity index is 1.13. The summed E-state index contributed by atoms with van der Waals surface area (Å²) in [5.41, 5.74) is 0.0622. The first-order valence-electron chi connectivity index (χ1n) is 27.4. The Morgan fingerprint density at radius 2 is 1.14 bits per heavy atom. The molecule has 4 heterocycles. The van der Waals surface area contributed by atoms with Gasteiger partial charge < -0.3 is 105 Å².